The lowest BCUT2D eigenvalue weighted by molar-refractivity contribution is -0.138. The number of furan rings is 1. The van der Waals surface area contributed by atoms with Gasteiger partial charge in [0.05, 0.1) is 0 Å². The first kappa shape index (κ1) is 15.6. The topological polar surface area (TPSA) is 79.5 Å². The number of nitrogens with one attached hydrogen (secondary N) is 1. The molecular weight excluding hydrogens is 270 g/mol. The van der Waals surface area contributed by atoms with Gasteiger partial charge in [0.2, 0.25) is 5.91 Å². The molecule has 5 heteroatoms. The number of aliphatic carboxylic acids is 1. The highest BCUT2D eigenvalue weighted by Crippen LogP contribution is 2.47. The van der Waals surface area contributed by atoms with E-state index in [0.29, 0.717) is 31.2 Å². The monoisotopic (exact) mass is 293 g/mol. The van der Waals surface area contributed by atoms with E-state index in [9.17, 15) is 9.59 Å². The minimum atomic E-state index is -0.839. The van der Waals surface area contributed by atoms with Gasteiger partial charge in [-0.15, -0.1) is 0 Å². The Hall–Kier alpha value is -1.78. The number of carboxylic acid groups (broad SMARTS) is 1. The zero-order valence-electron chi connectivity index (χ0n) is 12.6. The average molecular weight is 293 g/mol. The first-order valence-electron chi connectivity index (χ1n) is 7.52. The molecular formula is C16H23NO4. The van der Waals surface area contributed by atoms with Crippen molar-refractivity contribution in [2.45, 2.75) is 45.4 Å². The first-order valence-corrected chi connectivity index (χ1v) is 7.52. The second-order valence-electron chi connectivity index (χ2n) is 6.13. The molecule has 1 saturated carbocycles. The van der Waals surface area contributed by atoms with Gasteiger partial charge >= 0.3 is 5.97 Å². The predicted molar refractivity (Wildman–Crippen MR) is 78.0 cm³/mol. The summed E-state index contributed by atoms with van der Waals surface area (Å²) in [6.07, 6.45) is 2.21. The van der Waals surface area contributed by atoms with E-state index in [-0.39, 0.29) is 18.2 Å². The Morgan fingerprint density at radius 1 is 1.48 bits per heavy atom. The lowest BCUT2D eigenvalue weighted by atomic mass is 10.1. The van der Waals surface area contributed by atoms with Crippen LogP contribution in [0.5, 0.6) is 0 Å². The Bertz CT molecular complexity index is 508. The quantitative estimate of drug-likeness (QED) is 0.772. The number of carbonyl (C=O) groups excluding carboxylic acids is 1. The summed E-state index contributed by atoms with van der Waals surface area (Å²) >= 11 is 0. The van der Waals surface area contributed by atoms with Crippen LogP contribution >= 0.6 is 0 Å². The number of rotatable bonds is 8. The number of hydrogen-bond acceptors (Lipinski definition) is 3. The molecule has 21 heavy (non-hydrogen) atoms. The Labute approximate surface area is 124 Å². The number of carboxylic acids is 1. The van der Waals surface area contributed by atoms with Crippen LogP contribution in [0.2, 0.25) is 0 Å². The minimum Gasteiger partial charge on any atom is -0.481 e. The van der Waals surface area contributed by atoms with Crippen LogP contribution in [-0.4, -0.2) is 23.5 Å². The van der Waals surface area contributed by atoms with Crippen molar-refractivity contribution in [1.82, 2.24) is 5.32 Å². The smallest absolute Gasteiger partial charge is 0.303 e. The molecule has 116 valence electrons. The van der Waals surface area contributed by atoms with Crippen LogP contribution in [0.15, 0.2) is 16.5 Å². The molecule has 0 radical (unpaired) electrons. The molecule has 3 atom stereocenters. The van der Waals surface area contributed by atoms with Crippen LogP contribution in [0.4, 0.5) is 0 Å². The van der Waals surface area contributed by atoms with E-state index in [1.807, 2.05) is 19.1 Å². The van der Waals surface area contributed by atoms with E-state index >= 15 is 0 Å². The third-order valence-electron chi connectivity index (χ3n) is 3.93. The van der Waals surface area contributed by atoms with Gasteiger partial charge in [-0.1, -0.05) is 13.8 Å². The lowest BCUT2D eigenvalue weighted by Gasteiger charge is -2.09. The molecule has 0 aliphatic heterocycles. The molecule has 0 aromatic carbocycles. The van der Waals surface area contributed by atoms with E-state index in [4.69, 9.17) is 9.52 Å². The van der Waals surface area contributed by atoms with Gasteiger partial charge < -0.3 is 14.8 Å². The number of hydrogen-bond donors (Lipinski definition) is 2. The molecule has 0 bridgehead atoms. The zero-order chi connectivity index (χ0) is 15.4. The van der Waals surface area contributed by atoms with Gasteiger partial charge in [-0.25, -0.2) is 0 Å². The van der Waals surface area contributed by atoms with E-state index in [2.05, 4.69) is 12.2 Å². The number of aryl methyl sites for hydroxylation is 1. The van der Waals surface area contributed by atoms with Crippen molar-refractivity contribution in [2.24, 2.45) is 11.8 Å². The molecule has 3 unspecified atom stereocenters. The number of carbonyl (C=O) groups is 2. The molecule has 2 rings (SSSR count). The molecule has 1 heterocycles. The van der Waals surface area contributed by atoms with Crippen molar-refractivity contribution in [1.29, 1.82) is 0 Å². The summed E-state index contributed by atoms with van der Waals surface area (Å²) < 4.78 is 5.75. The Morgan fingerprint density at radius 2 is 2.19 bits per heavy atom. The summed E-state index contributed by atoms with van der Waals surface area (Å²) in [6.45, 7) is 4.41. The molecule has 1 aromatic heterocycles. The third kappa shape index (κ3) is 4.92. The maximum Gasteiger partial charge on any atom is 0.303 e. The summed E-state index contributed by atoms with van der Waals surface area (Å²) in [7, 11) is 0. The fourth-order valence-corrected chi connectivity index (χ4v) is 2.43. The highest BCUT2D eigenvalue weighted by atomic mass is 16.4. The Balaban J connectivity index is 1.66. The van der Waals surface area contributed by atoms with Crippen LogP contribution in [-0.2, 0) is 16.0 Å². The van der Waals surface area contributed by atoms with Crippen LogP contribution in [0.3, 0.4) is 0 Å². The summed E-state index contributed by atoms with van der Waals surface area (Å²) in [6, 6.07) is 3.96. The van der Waals surface area contributed by atoms with Crippen molar-refractivity contribution >= 4 is 11.9 Å². The second-order valence-corrected chi connectivity index (χ2v) is 6.13. The molecule has 0 spiro atoms. The van der Waals surface area contributed by atoms with Crippen molar-refractivity contribution in [3.63, 3.8) is 0 Å². The second kappa shape index (κ2) is 6.78. The van der Waals surface area contributed by atoms with E-state index < -0.39 is 5.97 Å². The van der Waals surface area contributed by atoms with E-state index in [1.54, 1.807) is 0 Å². The van der Waals surface area contributed by atoms with Crippen molar-refractivity contribution in [3.8, 4) is 0 Å². The molecule has 0 saturated heterocycles. The largest absolute Gasteiger partial charge is 0.481 e. The standard InChI is InChI=1S/C16H23NO4/c1-10(7-16(19)20)9-17-15(18)6-4-12-3-5-14(21-12)13-8-11(13)2/h3,5,10-11,13H,4,6-9H2,1-2H3,(H,17,18)(H,19,20). The summed E-state index contributed by atoms with van der Waals surface area (Å²) in [5, 5.41) is 11.4. The highest BCUT2D eigenvalue weighted by Gasteiger charge is 2.36. The summed E-state index contributed by atoms with van der Waals surface area (Å²) in [4.78, 5) is 22.2. The predicted octanol–water partition coefficient (Wildman–Crippen LogP) is 2.56. The van der Waals surface area contributed by atoms with Gasteiger partial charge in [0.15, 0.2) is 0 Å². The van der Waals surface area contributed by atoms with Crippen molar-refractivity contribution in [2.75, 3.05) is 6.54 Å². The fraction of sp³-hybridized carbons (Fsp3) is 0.625. The summed E-state index contributed by atoms with van der Waals surface area (Å²) in [5.41, 5.74) is 0. The van der Waals surface area contributed by atoms with Gasteiger partial charge in [0.25, 0.3) is 0 Å². The van der Waals surface area contributed by atoms with Gasteiger partial charge in [-0.3, -0.25) is 9.59 Å². The zero-order valence-corrected chi connectivity index (χ0v) is 12.6. The van der Waals surface area contributed by atoms with Crippen LogP contribution in [0.25, 0.3) is 0 Å². The van der Waals surface area contributed by atoms with E-state index in [1.165, 1.54) is 6.42 Å². The molecule has 5 nitrogen and oxygen atoms in total. The lowest BCUT2D eigenvalue weighted by Crippen LogP contribution is -2.29. The molecule has 1 amide bonds. The Kier molecular flexibility index (Phi) is 5.04. The van der Waals surface area contributed by atoms with Crippen LogP contribution < -0.4 is 5.32 Å². The van der Waals surface area contributed by atoms with E-state index in [0.717, 1.165) is 11.5 Å². The summed E-state index contributed by atoms with van der Waals surface area (Å²) in [5.74, 6) is 2.19. The van der Waals surface area contributed by atoms with Gasteiger partial charge in [-0.05, 0) is 30.4 Å². The molecule has 1 aliphatic carbocycles. The maximum absolute atomic E-state index is 11.7. The van der Waals surface area contributed by atoms with Crippen LogP contribution in [0.1, 0.15) is 50.5 Å². The average Bonchev–Trinajstić information content (AvgIpc) is 2.96. The van der Waals surface area contributed by atoms with Crippen LogP contribution in [0, 0.1) is 11.8 Å². The maximum atomic E-state index is 11.7. The Morgan fingerprint density at radius 3 is 2.81 bits per heavy atom. The first-order chi connectivity index (χ1) is 9.95. The minimum absolute atomic E-state index is 0.0574. The number of amides is 1. The molecule has 2 N–H and O–H groups in total. The molecule has 1 fully saturated rings. The molecule has 1 aliphatic rings. The van der Waals surface area contributed by atoms with Crippen molar-refractivity contribution < 1.29 is 19.1 Å². The fourth-order valence-electron chi connectivity index (χ4n) is 2.43. The molecule has 1 aromatic rings. The normalized spacial score (nSPS) is 21.8. The van der Waals surface area contributed by atoms with Gasteiger partial charge in [0, 0.05) is 31.7 Å². The third-order valence-corrected chi connectivity index (χ3v) is 3.93. The highest BCUT2D eigenvalue weighted by molar-refractivity contribution is 5.76. The van der Waals surface area contributed by atoms with Gasteiger partial charge in [-0.2, -0.15) is 0 Å². The van der Waals surface area contributed by atoms with Crippen molar-refractivity contribution in [3.05, 3.63) is 23.7 Å². The van der Waals surface area contributed by atoms with Gasteiger partial charge in [0.1, 0.15) is 11.5 Å². The SMILES string of the molecule is CC(CNC(=O)CCc1ccc(C2CC2C)o1)CC(=O)O.